The van der Waals surface area contributed by atoms with Gasteiger partial charge in [-0.1, -0.05) is 31.0 Å². The minimum Gasteiger partial charge on any atom is -0.504 e. The molecule has 2 rings (SSSR count). The molecule has 0 unspecified atom stereocenters. The largest absolute Gasteiger partial charge is 0.504 e. The summed E-state index contributed by atoms with van der Waals surface area (Å²) in [4.78, 5) is 0. The quantitative estimate of drug-likeness (QED) is 0.584. The Morgan fingerprint density at radius 2 is 2.00 bits per heavy atom. The number of hydrogen-bond donors (Lipinski definition) is 2. The number of phenolic OH excluding ortho intramolecular Hbond substituents is 2. The van der Waals surface area contributed by atoms with Crippen LogP contribution in [-0.4, -0.2) is 10.2 Å². The van der Waals surface area contributed by atoms with Crippen molar-refractivity contribution in [3.05, 3.63) is 35.1 Å². The Balaban J connectivity index is 3.08. The highest BCUT2D eigenvalue weighted by Gasteiger charge is 2.19. The van der Waals surface area contributed by atoms with E-state index in [0.717, 1.165) is 5.56 Å². The van der Waals surface area contributed by atoms with Crippen LogP contribution < -0.4 is 0 Å². The summed E-state index contributed by atoms with van der Waals surface area (Å²) < 4.78 is 13.8. The summed E-state index contributed by atoms with van der Waals surface area (Å²) in [5.41, 5.74) is 0.831. The first-order valence-electron chi connectivity index (χ1n) is 5.23. The second-order valence-electron chi connectivity index (χ2n) is 3.72. The predicted octanol–water partition coefficient (Wildman–Crippen LogP) is 2.93. The van der Waals surface area contributed by atoms with Crippen molar-refractivity contribution in [2.24, 2.45) is 0 Å². The van der Waals surface area contributed by atoms with Crippen LogP contribution >= 0.6 is 0 Å². The summed E-state index contributed by atoms with van der Waals surface area (Å²) in [5, 5.41) is 20.0. The first-order chi connectivity index (χ1) is 8.11. The molecule has 0 atom stereocenters. The van der Waals surface area contributed by atoms with E-state index in [-0.39, 0.29) is 5.56 Å². The molecule has 0 heterocycles. The third-order valence-electron chi connectivity index (χ3n) is 2.83. The standard InChI is InChI=1S/C14H11FO2/c1-3-8-6-5-7-10-11(8)9(4-2)12(15)14(17)13(10)16/h2,5-7,16-17H,3H2,1H3. The summed E-state index contributed by atoms with van der Waals surface area (Å²) in [5.74, 6) is 0.0302. The van der Waals surface area contributed by atoms with Gasteiger partial charge < -0.3 is 10.2 Å². The lowest BCUT2D eigenvalue weighted by Crippen LogP contribution is -1.93. The fourth-order valence-electron chi connectivity index (χ4n) is 1.98. The third-order valence-corrected chi connectivity index (χ3v) is 2.83. The molecule has 0 radical (unpaired) electrons. The van der Waals surface area contributed by atoms with Crippen molar-refractivity contribution in [1.29, 1.82) is 0 Å². The van der Waals surface area contributed by atoms with E-state index in [4.69, 9.17) is 6.42 Å². The number of aromatic hydroxyl groups is 2. The van der Waals surface area contributed by atoms with Gasteiger partial charge in [0.1, 0.15) is 0 Å². The summed E-state index contributed by atoms with van der Waals surface area (Å²) in [6.07, 6.45) is 5.94. The van der Waals surface area contributed by atoms with Gasteiger partial charge >= 0.3 is 0 Å². The number of rotatable bonds is 1. The molecule has 3 heteroatoms. The van der Waals surface area contributed by atoms with Crippen molar-refractivity contribution in [3.63, 3.8) is 0 Å². The van der Waals surface area contributed by atoms with Crippen LogP contribution in [0.2, 0.25) is 0 Å². The second kappa shape index (κ2) is 3.99. The van der Waals surface area contributed by atoms with Crippen LogP contribution in [0.1, 0.15) is 18.1 Å². The molecular weight excluding hydrogens is 219 g/mol. The molecule has 0 aliphatic heterocycles. The fourth-order valence-corrected chi connectivity index (χ4v) is 1.98. The fraction of sp³-hybridized carbons (Fsp3) is 0.143. The number of benzene rings is 2. The molecule has 86 valence electrons. The van der Waals surface area contributed by atoms with Gasteiger partial charge in [-0.2, -0.15) is 0 Å². The van der Waals surface area contributed by atoms with Crippen LogP contribution in [0.15, 0.2) is 18.2 Å². The van der Waals surface area contributed by atoms with Gasteiger partial charge in [-0.3, -0.25) is 0 Å². The van der Waals surface area contributed by atoms with Gasteiger partial charge in [0.25, 0.3) is 0 Å². The van der Waals surface area contributed by atoms with E-state index < -0.39 is 17.3 Å². The van der Waals surface area contributed by atoms with Gasteiger partial charge in [0.15, 0.2) is 17.3 Å². The van der Waals surface area contributed by atoms with Crippen LogP contribution in [0.3, 0.4) is 0 Å². The molecule has 0 fully saturated rings. The molecular formula is C14H11FO2. The van der Waals surface area contributed by atoms with Crippen LogP contribution in [-0.2, 0) is 6.42 Å². The van der Waals surface area contributed by atoms with E-state index in [2.05, 4.69) is 5.92 Å². The molecule has 2 N–H and O–H groups in total. The average Bonchev–Trinajstić information content (AvgIpc) is 2.36. The number of hydrogen-bond acceptors (Lipinski definition) is 2. The maximum atomic E-state index is 13.8. The van der Waals surface area contributed by atoms with Crippen molar-refractivity contribution in [2.45, 2.75) is 13.3 Å². The van der Waals surface area contributed by atoms with Gasteiger partial charge in [0, 0.05) is 10.8 Å². The van der Waals surface area contributed by atoms with Gasteiger partial charge in [-0.25, -0.2) is 4.39 Å². The Kier molecular flexibility index (Phi) is 2.64. The Hall–Kier alpha value is -2.21. The lowest BCUT2D eigenvalue weighted by molar-refractivity contribution is 0.382. The van der Waals surface area contributed by atoms with Crippen LogP contribution in [0.4, 0.5) is 4.39 Å². The minimum absolute atomic E-state index is 0.00671. The Labute approximate surface area is 98.3 Å². The number of halogens is 1. The molecule has 0 aliphatic carbocycles. The minimum atomic E-state index is -0.946. The molecule has 0 bridgehead atoms. The van der Waals surface area contributed by atoms with Crippen molar-refractivity contribution in [2.75, 3.05) is 0 Å². The van der Waals surface area contributed by atoms with E-state index >= 15 is 0 Å². The van der Waals surface area contributed by atoms with Crippen molar-refractivity contribution in [1.82, 2.24) is 0 Å². The molecule has 0 aliphatic rings. The van der Waals surface area contributed by atoms with Gasteiger partial charge in [-0.05, 0) is 12.0 Å². The summed E-state index contributed by atoms with van der Waals surface area (Å²) in [7, 11) is 0. The Morgan fingerprint density at radius 1 is 1.29 bits per heavy atom. The van der Waals surface area contributed by atoms with Crippen LogP contribution in [0, 0.1) is 18.2 Å². The highest BCUT2D eigenvalue weighted by molar-refractivity contribution is 5.97. The van der Waals surface area contributed by atoms with Gasteiger partial charge in [0.05, 0.1) is 5.56 Å². The highest BCUT2D eigenvalue weighted by atomic mass is 19.1. The Bertz CT molecular complexity index is 639. The van der Waals surface area contributed by atoms with Gasteiger partial charge in [0.2, 0.25) is 0 Å². The second-order valence-corrected chi connectivity index (χ2v) is 3.72. The Morgan fingerprint density at radius 3 is 2.59 bits per heavy atom. The predicted molar refractivity (Wildman–Crippen MR) is 64.5 cm³/mol. The van der Waals surface area contributed by atoms with Gasteiger partial charge in [-0.15, -0.1) is 6.42 Å². The number of aryl methyl sites for hydroxylation is 1. The number of fused-ring (bicyclic) bond motifs is 1. The van der Waals surface area contributed by atoms with E-state index in [1.165, 1.54) is 0 Å². The first-order valence-corrected chi connectivity index (χ1v) is 5.23. The molecule has 0 aromatic heterocycles. The number of terminal acetylenes is 1. The lowest BCUT2D eigenvalue weighted by Gasteiger charge is -2.11. The maximum Gasteiger partial charge on any atom is 0.196 e. The summed E-state index contributed by atoms with van der Waals surface area (Å²) in [6, 6.07) is 5.15. The number of phenols is 2. The normalized spacial score (nSPS) is 10.4. The van der Waals surface area contributed by atoms with Crippen molar-refractivity contribution < 1.29 is 14.6 Å². The topological polar surface area (TPSA) is 40.5 Å². The monoisotopic (exact) mass is 230 g/mol. The molecule has 0 saturated carbocycles. The third kappa shape index (κ3) is 1.50. The first kappa shape index (κ1) is 11.3. The maximum absolute atomic E-state index is 13.8. The van der Waals surface area contributed by atoms with Crippen LogP contribution in [0.25, 0.3) is 10.8 Å². The molecule has 0 saturated heterocycles. The smallest absolute Gasteiger partial charge is 0.196 e. The molecule has 2 aromatic carbocycles. The lowest BCUT2D eigenvalue weighted by atomic mass is 9.96. The van der Waals surface area contributed by atoms with Crippen molar-refractivity contribution >= 4 is 10.8 Å². The molecule has 0 spiro atoms. The SMILES string of the molecule is C#Cc1c(F)c(O)c(O)c2cccc(CC)c12. The molecule has 0 amide bonds. The highest BCUT2D eigenvalue weighted by Crippen LogP contribution is 2.40. The molecule has 17 heavy (non-hydrogen) atoms. The van der Waals surface area contributed by atoms with E-state index in [1.807, 2.05) is 13.0 Å². The van der Waals surface area contributed by atoms with Crippen LogP contribution in [0.5, 0.6) is 11.5 Å². The zero-order chi connectivity index (χ0) is 12.6. The molecule has 2 nitrogen and oxygen atoms in total. The van der Waals surface area contributed by atoms with E-state index in [9.17, 15) is 14.6 Å². The molecule has 2 aromatic rings. The van der Waals surface area contributed by atoms with E-state index in [1.54, 1.807) is 12.1 Å². The van der Waals surface area contributed by atoms with E-state index in [0.29, 0.717) is 17.2 Å². The zero-order valence-electron chi connectivity index (χ0n) is 9.29. The summed E-state index contributed by atoms with van der Waals surface area (Å²) >= 11 is 0. The van der Waals surface area contributed by atoms with Crippen molar-refractivity contribution in [3.8, 4) is 23.8 Å². The summed E-state index contributed by atoms with van der Waals surface area (Å²) in [6.45, 7) is 1.91. The zero-order valence-corrected chi connectivity index (χ0v) is 9.29. The average molecular weight is 230 g/mol.